The monoisotopic (exact) mass is 203 g/mol. The summed E-state index contributed by atoms with van der Waals surface area (Å²) in [5.74, 6) is 1.06. The third-order valence-corrected chi connectivity index (χ3v) is 3.60. The number of aliphatic hydroxyl groups excluding tert-OH is 1. The van der Waals surface area contributed by atoms with Gasteiger partial charge in [0.2, 0.25) is 0 Å². The second kappa shape index (κ2) is 5.56. The van der Waals surface area contributed by atoms with Crippen LogP contribution in [0.3, 0.4) is 0 Å². The van der Waals surface area contributed by atoms with E-state index in [9.17, 15) is 0 Å². The minimum Gasteiger partial charge on any atom is -0.396 e. The number of aliphatic hydroxyl groups is 1. The van der Waals surface area contributed by atoms with Crippen molar-refractivity contribution in [2.75, 3.05) is 12.4 Å². The largest absolute Gasteiger partial charge is 0.396 e. The van der Waals surface area contributed by atoms with Crippen LogP contribution >= 0.6 is 23.1 Å². The summed E-state index contributed by atoms with van der Waals surface area (Å²) < 4.78 is 1.14. The molecular formula is C8H13NOS2. The molecule has 0 radical (unpaired) electrons. The molecule has 1 N–H and O–H groups in total. The Labute approximate surface area is 81.0 Å². The van der Waals surface area contributed by atoms with E-state index < -0.39 is 0 Å². The van der Waals surface area contributed by atoms with E-state index >= 15 is 0 Å². The van der Waals surface area contributed by atoms with Gasteiger partial charge >= 0.3 is 0 Å². The van der Waals surface area contributed by atoms with Crippen LogP contribution in [0.5, 0.6) is 0 Å². The number of hydrogen-bond donors (Lipinski definition) is 1. The van der Waals surface area contributed by atoms with E-state index in [1.54, 1.807) is 23.1 Å². The fourth-order valence-corrected chi connectivity index (χ4v) is 2.69. The van der Waals surface area contributed by atoms with Crippen molar-refractivity contribution in [1.29, 1.82) is 0 Å². The quantitative estimate of drug-likeness (QED) is 0.589. The molecule has 12 heavy (non-hydrogen) atoms. The number of rotatable bonds is 5. The summed E-state index contributed by atoms with van der Waals surface area (Å²) in [7, 11) is 0. The molecular weight excluding hydrogens is 190 g/mol. The Kier molecular flexibility index (Phi) is 4.65. The molecule has 0 amide bonds. The van der Waals surface area contributed by atoms with Gasteiger partial charge in [0.1, 0.15) is 4.34 Å². The molecule has 68 valence electrons. The smallest absolute Gasteiger partial charge is 0.150 e. The molecule has 0 aromatic carbocycles. The summed E-state index contributed by atoms with van der Waals surface area (Å²) in [5.41, 5.74) is 1.10. The zero-order valence-electron chi connectivity index (χ0n) is 7.12. The highest BCUT2D eigenvalue weighted by Gasteiger charge is 1.97. The molecule has 0 bridgehead atoms. The fraction of sp³-hybridized carbons (Fsp3) is 0.625. The van der Waals surface area contributed by atoms with E-state index in [0.29, 0.717) is 6.61 Å². The number of hydrogen-bond acceptors (Lipinski definition) is 4. The second-order valence-corrected chi connectivity index (χ2v) is 4.73. The Bertz CT molecular complexity index is 225. The van der Waals surface area contributed by atoms with Crippen LogP contribution in [0.4, 0.5) is 0 Å². The lowest BCUT2D eigenvalue weighted by molar-refractivity contribution is 0.287. The molecule has 0 saturated carbocycles. The van der Waals surface area contributed by atoms with Gasteiger partial charge in [-0.2, -0.15) is 0 Å². The van der Waals surface area contributed by atoms with E-state index in [0.717, 1.165) is 28.6 Å². The Morgan fingerprint density at radius 3 is 3.00 bits per heavy atom. The van der Waals surface area contributed by atoms with Gasteiger partial charge in [0.25, 0.3) is 0 Å². The van der Waals surface area contributed by atoms with Crippen LogP contribution < -0.4 is 0 Å². The summed E-state index contributed by atoms with van der Waals surface area (Å²) in [6.45, 7) is 2.31. The van der Waals surface area contributed by atoms with E-state index in [1.165, 1.54) is 0 Å². The highest BCUT2D eigenvalue weighted by molar-refractivity contribution is 8.00. The predicted molar refractivity (Wildman–Crippen MR) is 53.9 cm³/mol. The first-order chi connectivity index (χ1) is 5.83. The summed E-state index contributed by atoms with van der Waals surface area (Å²) in [6.07, 6.45) is 1.97. The molecule has 2 nitrogen and oxygen atoms in total. The normalized spacial score (nSPS) is 10.5. The Hall–Kier alpha value is -0.0600. The highest BCUT2D eigenvalue weighted by Crippen LogP contribution is 2.22. The minimum absolute atomic E-state index is 0.303. The molecule has 1 rings (SSSR count). The first kappa shape index (κ1) is 10.0. The van der Waals surface area contributed by atoms with Gasteiger partial charge in [-0.05, 0) is 19.8 Å². The molecule has 4 heteroatoms. The van der Waals surface area contributed by atoms with Crippen molar-refractivity contribution in [3.05, 3.63) is 11.1 Å². The van der Waals surface area contributed by atoms with Gasteiger partial charge in [-0.3, -0.25) is 0 Å². The Morgan fingerprint density at radius 2 is 2.42 bits per heavy atom. The summed E-state index contributed by atoms with van der Waals surface area (Å²) in [5, 5.41) is 10.6. The summed E-state index contributed by atoms with van der Waals surface area (Å²) in [6, 6.07) is 0. The van der Waals surface area contributed by atoms with Crippen molar-refractivity contribution < 1.29 is 5.11 Å². The third-order valence-electron chi connectivity index (χ3n) is 1.38. The van der Waals surface area contributed by atoms with E-state index in [4.69, 9.17) is 5.11 Å². The average Bonchev–Trinajstić information content (AvgIpc) is 2.45. The maximum atomic E-state index is 8.55. The molecule has 1 aromatic heterocycles. The first-order valence-electron chi connectivity index (χ1n) is 3.98. The van der Waals surface area contributed by atoms with Gasteiger partial charge in [0, 0.05) is 23.4 Å². The first-order valence-corrected chi connectivity index (χ1v) is 5.85. The minimum atomic E-state index is 0.303. The van der Waals surface area contributed by atoms with Crippen LogP contribution in [-0.2, 0) is 0 Å². The van der Waals surface area contributed by atoms with Crippen LogP contribution in [0.25, 0.3) is 0 Å². The second-order valence-electron chi connectivity index (χ2n) is 2.53. The Balaban J connectivity index is 2.15. The van der Waals surface area contributed by atoms with Gasteiger partial charge in [-0.15, -0.1) is 11.3 Å². The predicted octanol–water partition coefficient (Wildman–Crippen LogP) is 2.32. The molecule has 0 spiro atoms. The van der Waals surface area contributed by atoms with Crippen molar-refractivity contribution in [3.8, 4) is 0 Å². The van der Waals surface area contributed by atoms with E-state index in [2.05, 4.69) is 10.4 Å². The highest BCUT2D eigenvalue weighted by atomic mass is 32.2. The molecule has 0 aliphatic carbocycles. The zero-order chi connectivity index (χ0) is 8.81. The van der Waals surface area contributed by atoms with Gasteiger partial charge in [-0.25, -0.2) is 4.98 Å². The number of thioether (sulfide) groups is 1. The average molecular weight is 203 g/mol. The number of aromatic nitrogens is 1. The van der Waals surface area contributed by atoms with Crippen molar-refractivity contribution in [3.63, 3.8) is 0 Å². The molecule has 1 heterocycles. The summed E-state index contributed by atoms with van der Waals surface area (Å²) >= 11 is 3.47. The molecule has 1 aromatic rings. The molecule has 0 fully saturated rings. The standard InChI is InChI=1S/C8H13NOS2/c1-7-6-12-8(9-7)11-5-3-2-4-10/h6,10H,2-5H2,1H3. The van der Waals surface area contributed by atoms with Crippen LogP contribution in [0.2, 0.25) is 0 Å². The number of nitrogens with zero attached hydrogens (tertiary/aromatic N) is 1. The van der Waals surface area contributed by atoms with Crippen molar-refractivity contribution in [2.24, 2.45) is 0 Å². The van der Waals surface area contributed by atoms with Crippen LogP contribution in [0, 0.1) is 6.92 Å². The SMILES string of the molecule is Cc1csc(SCCCCO)n1. The lowest BCUT2D eigenvalue weighted by atomic mass is 10.4. The van der Waals surface area contributed by atoms with E-state index in [1.807, 2.05) is 6.92 Å². The molecule has 0 aliphatic heterocycles. The van der Waals surface area contributed by atoms with Gasteiger partial charge < -0.3 is 5.11 Å². The van der Waals surface area contributed by atoms with Crippen molar-refractivity contribution >= 4 is 23.1 Å². The number of aryl methyl sites for hydroxylation is 1. The fourth-order valence-electron chi connectivity index (χ4n) is 0.772. The van der Waals surface area contributed by atoms with Gasteiger partial charge in [0.05, 0.1) is 0 Å². The maximum Gasteiger partial charge on any atom is 0.150 e. The molecule has 0 saturated heterocycles. The maximum absolute atomic E-state index is 8.55. The van der Waals surface area contributed by atoms with Crippen LogP contribution in [0.15, 0.2) is 9.72 Å². The topological polar surface area (TPSA) is 33.1 Å². The number of unbranched alkanes of at least 4 members (excludes halogenated alkanes) is 1. The van der Waals surface area contributed by atoms with Crippen molar-refractivity contribution in [1.82, 2.24) is 4.98 Å². The van der Waals surface area contributed by atoms with Crippen molar-refractivity contribution in [2.45, 2.75) is 24.1 Å². The molecule has 0 atom stereocenters. The molecule has 0 unspecified atom stereocenters. The van der Waals surface area contributed by atoms with Crippen LogP contribution in [-0.4, -0.2) is 22.5 Å². The zero-order valence-corrected chi connectivity index (χ0v) is 8.75. The Morgan fingerprint density at radius 1 is 1.58 bits per heavy atom. The molecule has 0 aliphatic rings. The summed E-state index contributed by atoms with van der Waals surface area (Å²) in [4.78, 5) is 4.33. The third kappa shape index (κ3) is 3.56. The number of thiazole rings is 1. The lowest BCUT2D eigenvalue weighted by Gasteiger charge is -1.94. The lowest BCUT2D eigenvalue weighted by Crippen LogP contribution is -1.84. The van der Waals surface area contributed by atoms with E-state index in [-0.39, 0.29) is 0 Å². The van der Waals surface area contributed by atoms with Gasteiger partial charge in [0.15, 0.2) is 0 Å². The van der Waals surface area contributed by atoms with Gasteiger partial charge in [-0.1, -0.05) is 11.8 Å². The van der Waals surface area contributed by atoms with Crippen LogP contribution in [0.1, 0.15) is 18.5 Å².